The zero-order valence-electron chi connectivity index (χ0n) is 18.0. The second-order valence-corrected chi connectivity index (χ2v) is 9.62. The van der Waals surface area contributed by atoms with E-state index in [2.05, 4.69) is 63.7 Å². The molecule has 4 unspecified atom stereocenters. The van der Waals surface area contributed by atoms with Crippen LogP contribution < -0.4 is 16.0 Å². The van der Waals surface area contributed by atoms with Crippen molar-refractivity contribution < 1.29 is 50.1 Å². The summed E-state index contributed by atoms with van der Waals surface area (Å²) in [5.74, 6) is -2.66. The molecule has 0 aliphatic rings. The van der Waals surface area contributed by atoms with Gasteiger partial charge in [-0.25, -0.2) is 0 Å². The van der Waals surface area contributed by atoms with E-state index < -0.39 is 68.4 Å². The molecule has 0 bridgehead atoms. The number of benzene rings is 1. The van der Waals surface area contributed by atoms with Gasteiger partial charge in [0.15, 0.2) is 0 Å². The first-order valence-corrected chi connectivity index (χ1v) is 12.4. The molecule has 198 valence electrons. The molecule has 0 radical (unpaired) electrons. The molecule has 3 amide bonds. The molecule has 0 fully saturated rings. The molecular weight excluding hydrogens is 670 g/mol. The van der Waals surface area contributed by atoms with E-state index >= 15 is 0 Å². The molecule has 0 spiro atoms. The molecule has 1 aromatic carbocycles. The lowest BCUT2D eigenvalue weighted by Crippen LogP contribution is -2.36. The smallest absolute Gasteiger partial charge is 0.253 e. The normalized spacial score (nSPS) is 14.6. The average Bonchev–Trinajstić information content (AvgIpc) is 2.82. The van der Waals surface area contributed by atoms with Crippen LogP contribution in [0.15, 0.2) is 13.4 Å². The average molecular weight is 696 g/mol. The Hall–Kier alpha value is -1.21. The maximum Gasteiger partial charge on any atom is 0.253 e. The van der Waals surface area contributed by atoms with E-state index in [9.17, 15) is 34.8 Å². The summed E-state index contributed by atoms with van der Waals surface area (Å²) >= 11 is 9.54. The third kappa shape index (κ3) is 8.99. The van der Waals surface area contributed by atoms with Crippen LogP contribution >= 0.6 is 47.8 Å². The maximum atomic E-state index is 12.9. The van der Waals surface area contributed by atoms with Crippen LogP contribution in [0, 0.1) is 0 Å². The van der Waals surface area contributed by atoms with E-state index in [4.69, 9.17) is 15.3 Å². The number of aliphatic hydroxyl groups excluding tert-OH is 7. The Kier molecular flexibility index (Phi) is 13.8. The van der Waals surface area contributed by atoms with E-state index in [1.54, 1.807) is 0 Å². The molecule has 10 N–H and O–H groups in total. The fourth-order valence-corrected chi connectivity index (χ4v) is 5.45. The number of rotatable bonds is 13. The van der Waals surface area contributed by atoms with Gasteiger partial charge in [0.05, 0.1) is 63.9 Å². The van der Waals surface area contributed by atoms with Gasteiger partial charge >= 0.3 is 0 Å². The molecule has 4 atom stereocenters. The molecule has 16 heteroatoms. The minimum Gasteiger partial charge on any atom is -0.394 e. The number of hydrogen-bond acceptors (Lipinski definition) is 10. The number of carbonyl (C=O) groups is 3. The molecule has 1 aromatic rings. The number of hydrogen-bond donors (Lipinski definition) is 10. The highest BCUT2D eigenvalue weighted by molar-refractivity contribution is 9.11. The van der Waals surface area contributed by atoms with E-state index in [-0.39, 0.29) is 43.3 Å². The minimum absolute atomic E-state index is 0.0394. The summed E-state index contributed by atoms with van der Waals surface area (Å²) in [6.45, 7) is -2.61. The van der Waals surface area contributed by atoms with Gasteiger partial charge in [0.25, 0.3) is 17.7 Å². The van der Waals surface area contributed by atoms with E-state index in [1.807, 2.05) is 0 Å². The Morgan fingerprint density at radius 2 is 1.09 bits per heavy atom. The number of amides is 3. The zero-order chi connectivity index (χ0) is 26.9. The maximum absolute atomic E-state index is 12.9. The van der Waals surface area contributed by atoms with Gasteiger partial charge in [-0.05, 0) is 47.8 Å². The van der Waals surface area contributed by atoms with Crippen LogP contribution in [0.2, 0.25) is 0 Å². The van der Waals surface area contributed by atoms with Crippen LogP contribution in [0.5, 0.6) is 0 Å². The van der Waals surface area contributed by atoms with E-state index in [0.717, 1.165) is 0 Å². The van der Waals surface area contributed by atoms with Gasteiger partial charge in [-0.3, -0.25) is 14.4 Å². The van der Waals surface area contributed by atoms with Crippen molar-refractivity contribution in [2.24, 2.45) is 0 Å². The molecule has 0 aliphatic heterocycles. The molecule has 13 nitrogen and oxygen atoms in total. The zero-order valence-corrected chi connectivity index (χ0v) is 22.8. The molecule has 0 saturated heterocycles. The van der Waals surface area contributed by atoms with Crippen LogP contribution in [0.3, 0.4) is 0 Å². The van der Waals surface area contributed by atoms with E-state index in [1.165, 1.54) is 0 Å². The van der Waals surface area contributed by atoms with Gasteiger partial charge < -0.3 is 51.7 Å². The number of carbonyl (C=O) groups excluding carboxylic acids is 3. The SMILES string of the molecule is O=C(NCC(O)CO)c1c(Br)c(NC(=O)C(O)CC(O)CO)c(Br)c(C(=O)NCC(O)CO)c1Br. The van der Waals surface area contributed by atoms with Crippen molar-refractivity contribution >= 4 is 71.2 Å². The molecule has 0 saturated carbocycles. The van der Waals surface area contributed by atoms with Crippen molar-refractivity contribution in [1.82, 2.24) is 10.6 Å². The monoisotopic (exact) mass is 693 g/mol. The fourth-order valence-electron chi connectivity index (χ4n) is 2.55. The molecule has 0 heterocycles. The van der Waals surface area contributed by atoms with Crippen LogP contribution in [-0.4, -0.2) is 111 Å². The largest absolute Gasteiger partial charge is 0.394 e. The van der Waals surface area contributed by atoms with Crippen molar-refractivity contribution in [3.05, 3.63) is 24.5 Å². The van der Waals surface area contributed by atoms with Crippen molar-refractivity contribution in [3.8, 4) is 0 Å². The summed E-state index contributed by atoms with van der Waals surface area (Å²) in [5.41, 5.74) is -0.561. The number of nitrogens with one attached hydrogen (secondary N) is 3. The topological polar surface area (TPSA) is 229 Å². The summed E-state index contributed by atoms with van der Waals surface area (Å²) in [6.07, 6.45) is -6.14. The Balaban J connectivity index is 3.50. The predicted octanol–water partition coefficient (Wildman–Crippen LogP) is -1.82. The summed E-state index contributed by atoms with van der Waals surface area (Å²) in [4.78, 5) is 38.2. The molecule has 0 aliphatic carbocycles. The summed E-state index contributed by atoms with van der Waals surface area (Å²) < 4.78 is -0.137. The van der Waals surface area contributed by atoms with Crippen LogP contribution in [0.4, 0.5) is 5.69 Å². The molecule has 1 rings (SSSR count). The van der Waals surface area contributed by atoms with Gasteiger partial charge in [0, 0.05) is 24.0 Å². The van der Waals surface area contributed by atoms with Gasteiger partial charge in [-0.1, -0.05) is 0 Å². The number of halogens is 3. The lowest BCUT2D eigenvalue weighted by Gasteiger charge is -2.21. The second-order valence-electron chi connectivity index (χ2n) is 7.24. The number of anilines is 1. The van der Waals surface area contributed by atoms with Crippen molar-refractivity contribution in [2.75, 3.05) is 38.2 Å². The second kappa shape index (κ2) is 15.1. The van der Waals surface area contributed by atoms with Crippen LogP contribution in [0.25, 0.3) is 0 Å². The van der Waals surface area contributed by atoms with Crippen molar-refractivity contribution in [3.63, 3.8) is 0 Å². The first-order chi connectivity index (χ1) is 16.4. The van der Waals surface area contributed by atoms with Gasteiger partial charge in [-0.15, -0.1) is 0 Å². The van der Waals surface area contributed by atoms with Crippen molar-refractivity contribution in [2.45, 2.75) is 30.8 Å². The highest BCUT2D eigenvalue weighted by Crippen LogP contribution is 2.42. The summed E-state index contributed by atoms with van der Waals surface area (Å²) in [7, 11) is 0. The molecule has 0 aromatic heterocycles. The Labute approximate surface area is 224 Å². The Morgan fingerprint density at radius 3 is 1.46 bits per heavy atom. The highest BCUT2D eigenvalue weighted by Gasteiger charge is 2.30. The molecular formula is C19H26Br3N3O10. The quantitative estimate of drug-likeness (QED) is 0.111. The lowest BCUT2D eigenvalue weighted by molar-refractivity contribution is -0.125. The van der Waals surface area contributed by atoms with Gasteiger partial charge in [0.2, 0.25) is 0 Å². The fraction of sp³-hybridized carbons (Fsp3) is 0.526. The van der Waals surface area contributed by atoms with Crippen LogP contribution in [-0.2, 0) is 4.79 Å². The summed E-state index contributed by atoms with van der Waals surface area (Å²) in [5, 5.41) is 72.5. The standard InChI is InChI=1S/C19H26Br3N3O10/c20-13-11(18(34)23-2-8(30)5-27)14(21)16(25-17(33)10(32)1-7(29)4-26)15(22)12(13)19(35)24-3-9(31)6-28/h7-10,26-32H,1-6H2,(H,23,34)(H,24,35)(H,25,33). The lowest BCUT2D eigenvalue weighted by atomic mass is 10.1. The van der Waals surface area contributed by atoms with Crippen molar-refractivity contribution in [1.29, 1.82) is 0 Å². The van der Waals surface area contributed by atoms with Gasteiger partial charge in [-0.2, -0.15) is 0 Å². The summed E-state index contributed by atoms with van der Waals surface area (Å²) in [6, 6.07) is 0. The Morgan fingerprint density at radius 1 is 0.686 bits per heavy atom. The Bertz CT molecular complexity index is 868. The molecule has 35 heavy (non-hydrogen) atoms. The predicted molar refractivity (Wildman–Crippen MR) is 133 cm³/mol. The third-order valence-corrected chi connectivity index (χ3v) is 6.82. The van der Waals surface area contributed by atoms with Gasteiger partial charge in [0.1, 0.15) is 6.10 Å². The third-order valence-electron chi connectivity index (χ3n) is 4.45. The first-order valence-electron chi connectivity index (χ1n) is 10.0. The van der Waals surface area contributed by atoms with E-state index in [0.29, 0.717) is 0 Å². The number of aliphatic hydroxyl groups is 7. The highest BCUT2D eigenvalue weighted by atomic mass is 79.9. The first kappa shape index (κ1) is 31.8. The van der Waals surface area contributed by atoms with Crippen LogP contribution in [0.1, 0.15) is 27.1 Å². The minimum atomic E-state index is -1.76.